The summed E-state index contributed by atoms with van der Waals surface area (Å²) in [6, 6.07) is 51.9. The lowest BCUT2D eigenvalue weighted by atomic mass is 9.89. The molecule has 0 saturated carbocycles. The third-order valence-electron chi connectivity index (χ3n) is 7.33. The maximum absolute atomic E-state index is 4.96. The fourth-order valence-corrected chi connectivity index (χ4v) is 5.46. The third-order valence-corrected chi connectivity index (χ3v) is 7.33. The Morgan fingerprint density at radius 2 is 0.763 bits per heavy atom. The first kappa shape index (κ1) is 22.2. The molecule has 0 saturated heterocycles. The Bertz CT molecular complexity index is 1790. The van der Waals surface area contributed by atoms with Crippen LogP contribution in [-0.2, 0) is 0 Å². The molecule has 0 aliphatic rings. The van der Waals surface area contributed by atoms with Gasteiger partial charge in [-0.25, -0.2) is 0 Å². The molecule has 0 fully saturated rings. The summed E-state index contributed by atoms with van der Waals surface area (Å²) < 4.78 is 0. The predicted molar refractivity (Wildman–Crippen MR) is 161 cm³/mol. The molecule has 0 atom stereocenters. The maximum atomic E-state index is 4.96. The molecule has 7 rings (SSSR count). The number of benzene rings is 6. The van der Waals surface area contributed by atoms with Crippen molar-refractivity contribution in [3.05, 3.63) is 152 Å². The zero-order valence-corrected chi connectivity index (χ0v) is 20.9. The van der Waals surface area contributed by atoms with Crippen LogP contribution in [0.15, 0.2) is 152 Å². The molecule has 38 heavy (non-hydrogen) atoms. The van der Waals surface area contributed by atoms with Crippen molar-refractivity contribution in [1.29, 1.82) is 0 Å². The highest BCUT2D eigenvalue weighted by Crippen LogP contribution is 2.41. The zero-order chi connectivity index (χ0) is 25.3. The Labute approximate surface area is 222 Å². The minimum Gasteiger partial charge on any atom is -0.256 e. The van der Waals surface area contributed by atoms with Gasteiger partial charge in [0.2, 0.25) is 0 Å². The molecule has 0 bridgehead atoms. The molecular formula is C37H25N. The van der Waals surface area contributed by atoms with Gasteiger partial charge in [-0.1, -0.05) is 127 Å². The molecule has 0 aliphatic carbocycles. The summed E-state index contributed by atoms with van der Waals surface area (Å²) in [6.45, 7) is 0. The molecule has 1 heteroatoms. The Kier molecular flexibility index (Phi) is 5.53. The van der Waals surface area contributed by atoms with Crippen LogP contribution in [0.5, 0.6) is 0 Å². The molecule has 6 aromatic carbocycles. The van der Waals surface area contributed by atoms with Crippen LogP contribution in [0.25, 0.3) is 66.2 Å². The molecule has 0 amide bonds. The highest BCUT2D eigenvalue weighted by molar-refractivity contribution is 5.97. The molecular weight excluding hydrogens is 458 g/mol. The number of fused-ring (bicyclic) bond motifs is 2. The normalized spacial score (nSPS) is 11.2. The topological polar surface area (TPSA) is 12.9 Å². The van der Waals surface area contributed by atoms with E-state index < -0.39 is 0 Å². The first-order valence-electron chi connectivity index (χ1n) is 13.0. The van der Waals surface area contributed by atoms with Crippen molar-refractivity contribution in [2.45, 2.75) is 0 Å². The van der Waals surface area contributed by atoms with E-state index in [0.717, 1.165) is 16.8 Å². The Morgan fingerprint density at radius 3 is 1.37 bits per heavy atom. The van der Waals surface area contributed by atoms with Gasteiger partial charge in [0.05, 0.1) is 5.69 Å². The van der Waals surface area contributed by atoms with Gasteiger partial charge in [-0.15, -0.1) is 0 Å². The molecule has 0 N–H and O–H groups in total. The van der Waals surface area contributed by atoms with Crippen molar-refractivity contribution in [3.63, 3.8) is 0 Å². The Morgan fingerprint density at radius 1 is 0.316 bits per heavy atom. The van der Waals surface area contributed by atoms with E-state index >= 15 is 0 Å². The van der Waals surface area contributed by atoms with Crippen molar-refractivity contribution in [3.8, 4) is 44.6 Å². The summed E-state index contributed by atoms with van der Waals surface area (Å²) in [7, 11) is 0. The fourth-order valence-electron chi connectivity index (χ4n) is 5.46. The van der Waals surface area contributed by atoms with E-state index in [-0.39, 0.29) is 0 Å². The van der Waals surface area contributed by atoms with Gasteiger partial charge in [0.25, 0.3) is 0 Å². The van der Waals surface area contributed by atoms with Crippen molar-refractivity contribution in [1.82, 2.24) is 4.98 Å². The van der Waals surface area contributed by atoms with Gasteiger partial charge >= 0.3 is 0 Å². The van der Waals surface area contributed by atoms with Crippen LogP contribution in [0.1, 0.15) is 0 Å². The standard InChI is InChI=1S/C37H25N/c1-3-12-28-24-30(21-19-26(28)10-1)32-14-5-7-16-34(32)36-18-9-23-38-37(36)35-17-8-6-15-33(35)31-22-20-27-11-2-4-13-29(27)25-31/h1-25H. The van der Waals surface area contributed by atoms with Crippen molar-refractivity contribution in [2.75, 3.05) is 0 Å². The number of hydrogen-bond donors (Lipinski definition) is 0. The average molecular weight is 484 g/mol. The summed E-state index contributed by atoms with van der Waals surface area (Å²) in [4.78, 5) is 4.96. The van der Waals surface area contributed by atoms with E-state index in [4.69, 9.17) is 4.98 Å². The van der Waals surface area contributed by atoms with Gasteiger partial charge < -0.3 is 0 Å². The summed E-state index contributed by atoms with van der Waals surface area (Å²) >= 11 is 0. The highest BCUT2D eigenvalue weighted by Gasteiger charge is 2.16. The van der Waals surface area contributed by atoms with Crippen molar-refractivity contribution in [2.24, 2.45) is 0 Å². The molecule has 1 nitrogen and oxygen atoms in total. The molecule has 0 radical (unpaired) electrons. The molecule has 1 aromatic heterocycles. The average Bonchev–Trinajstić information content (AvgIpc) is 3.00. The Hall–Kier alpha value is -5.01. The molecule has 0 aliphatic heterocycles. The molecule has 0 spiro atoms. The van der Waals surface area contributed by atoms with E-state index in [1.54, 1.807) is 0 Å². The van der Waals surface area contributed by atoms with E-state index in [1.165, 1.54) is 49.4 Å². The summed E-state index contributed by atoms with van der Waals surface area (Å²) in [5, 5.41) is 4.98. The van der Waals surface area contributed by atoms with Gasteiger partial charge in [0.15, 0.2) is 0 Å². The second-order valence-corrected chi connectivity index (χ2v) is 9.61. The predicted octanol–water partition coefficient (Wildman–Crippen LogP) is 10.1. The summed E-state index contributed by atoms with van der Waals surface area (Å²) in [5.74, 6) is 0. The lowest BCUT2D eigenvalue weighted by Crippen LogP contribution is -1.94. The van der Waals surface area contributed by atoms with Gasteiger partial charge in [-0.3, -0.25) is 4.98 Å². The SMILES string of the molecule is c1ccc(-c2cccnc2-c2ccccc2-c2ccc3ccccc3c2)c(-c2ccc3ccccc3c2)c1. The number of nitrogens with zero attached hydrogens (tertiary/aromatic N) is 1. The van der Waals surface area contributed by atoms with E-state index in [1.807, 2.05) is 12.3 Å². The number of hydrogen-bond acceptors (Lipinski definition) is 1. The third kappa shape index (κ3) is 3.95. The van der Waals surface area contributed by atoms with Gasteiger partial charge in [0.1, 0.15) is 0 Å². The van der Waals surface area contributed by atoms with Crippen molar-refractivity contribution >= 4 is 21.5 Å². The smallest absolute Gasteiger partial charge is 0.0786 e. The number of aromatic nitrogens is 1. The molecule has 178 valence electrons. The highest BCUT2D eigenvalue weighted by atomic mass is 14.7. The fraction of sp³-hybridized carbons (Fsp3) is 0. The van der Waals surface area contributed by atoms with Gasteiger partial charge in [-0.2, -0.15) is 0 Å². The Balaban J connectivity index is 1.41. The van der Waals surface area contributed by atoms with Crippen LogP contribution in [0.2, 0.25) is 0 Å². The second-order valence-electron chi connectivity index (χ2n) is 9.61. The van der Waals surface area contributed by atoms with Crippen LogP contribution in [-0.4, -0.2) is 4.98 Å². The lowest BCUT2D eigenvalue weighted by molar-refractivity contribution is 1.32. The number of pyridine rings is 1. The minimum absolute atomic E-state index is 0.990. The second kappa shape index (κ2) is 9.46. The molecule has 0 unspecified atom stereocenters. The largest absolute Gasteiger partial charge is 0.256 e. The quantitative estimate of drug-likeness (QED) is 0.243. The van der Waals surface area contributed by atoms with Crippen LogP contribution in [0.4, 0.5) is 0 Å². The van der Waals surface area contributed by atoms with Crippen LogP contribution in [0, 0.1) is 0 Å². The summed E-state index contributed by atoms with van der Waals surface area (Å²) in [6.07, 6.45) is 1.90. The minimum atomic E-state index is 0.990. The van der Waals surface area contributed by atoms with E-state index in [2.05, 4.69) is 140 Å². The maximum Gasteiger partial charge on any atom is 0.0786 e. The number of rotatable bonds is 4. The first-order valence-corrected chi connectivity index (χ1v) is 13.0. The van der Waals surface area contributed by atoms with E-state index in [0.29, 0.717) is 0 Å². The monoisotopic (exact) mass is 483 g/mol. The molecule has 1 heterocycles. The summed E-state index contributed by atoms with van der Waals surface area (Å²) in [5.41, 5.74) is 9.22. The van der Waals surface area contributed by atoms with Gasteiger partial charge in [0, 0.05) is 17.3 Å². The molecule has 7 aromatic rings. The zero-order valence-electron chi connectivity index (χ0n) is 20.9. The van der Waals surface area contributed by atoms with Crippen LogP contribution >= 0.6 is 0 Å². The van der Waals surface area contributed by atoms with Crippen LogP contribution < -0.4 is 0 Å². The van der Waals surface area contributed by atoms with Gasteiger partial charge in [-0.05, 0) is 67.6 Å². The van der Waals surface area contributed by atoms with Crippen molar-refractivity contribution < 1.29 is 0 Å². The van der Waals surface area contributed by atoms with E-state index in [9.17, 15) is 0 Å². The first-order chi connectivity index (χ1) is 18.8. The lowest BCUT2D eigenvalue weighted by Gasteiger charge is -2.16. The van der Waals surface area contributed by atoms with Crippen LogP contribution in [0.3, 0.4) is 0 Å².